The Kier molecular flexibility index (Phi) is 3.44. The lowest BCUT2D eigenvalue weighted by Crippen LogP contribution is -2.00. The van der Waals surface area contributed by atoms with Crippen LogP contribution in [0.25, 0.3) is 5.57 Å². The van der Waals surface area contributed by atoms with E-state index in [0.29, 0.717) is 6.54 Å². The third-order valence-corrected chi connectivity index (χ3v) is 1.97. The minimum Gasteiger partial charge on any atom is -0.330 e. The van der Waals surface area contributed by atoms with E-state index in [2.05, 4.69) is 27.5 Å². The molecule has 0 saturated carbocycles. The SMILES string of the molecule is C=C(CCN)c1cccc(Br)n1. The Bertz CT molecular complexity index is 284. The first kappa shape index (κ1) is 9.42. The van der Waals surface area contributed by atoms with Crippen molar-refractivity contribution in [3.8, 4) is 0 Å². The van der Waals surface area contributed by atoms with Crippen molar-refractivity contribution >= 4 is 21.5 Å². The fraction of sp³-hybridized carbons (Fsp3) is 0.222. The summed E-state index contributed by atoms with van der Waals surface area (Å²) >= 11 is 3.30. The molecule has 0 unspecified atom stereocenters. The second kappa shape index (κ2) is 4.38. The van der Waals surface area contributed by atoms with E-state index in [9.17, 15) is 0 Å². The molecule has 1 aromatic rings. The van der Waals surface area contributed by atoms with Crippen LogP contribution in [0.3, 0.4) is 0 Å². The molecule has 0 bridgehead atoms. The van der Waals surface area contributed by atoms with E-state index in [1.807, 2.05) is 18.2 Å². The number of hydrogen-bond acceptors (Lipinski definition) is 2. The number of rotatable bonds is 3. The van der Waals surface area contributed by atoms with Crippen LogP contribution in [0.4, 0.5) is 0 Å². The second-order valence-corrected chi connectivity index (χ2v) is 3.30. The zero-order valence-electron chi connectivity index (χ0n) is 6.76. The van der Waals surface area contributed by atoms with Gasteiger partial charge in [0.1, 0.15) is 4.60 Å². The summed E-state index contributed by atoms with van der Waals surface area (Å²) in [7, 11) is 0. The molecule has 0 aliphatic carbocycles. The summed E-state index contributed by atoms with van der Waals surface area (Å²) in [5.74, 6) is 0. The van der Waals surface area contributed by atoms with Gasteiger partial charge in [-0.2, -0.15) is 0 Å². The summed E-state index contributed by atoms with van der Waals surface area (Å²) in [4.78, 5) is 4.25. The molecule has 0 spiro atoms. The Labute approximate surface area is 80.6 Å². The Morgan fingerprint density at radius 2 is 2.33 bits per heavy atom. The van der Waals surface area contributed by atoms with Crippen molar-refractivity contribution in [3.05, 3.63) is 35.1 Å². The van der Waals surface area contributed by atoms with Gasteiger partial charge in [0.2, 0.25) is 0 Å². The van der Waals surface area contributed by atoms with E-state index >= 15 is 0 Å². The molecule has 0 fully saturated rings. The van der Waals surface area contributed by atoms with Gasteiger partial charge in [-0.1, -0.05) is 12.6 Å². The van der Waals surface area contributed by atoms with Crippen molar-refractivity contribution in [3.63, 3.8) is 0 Å². The molecular formula is C9H11BrN2. The Balaban J connectivity index is 2.81. The molecule has 0 amide bonds. The topological polar surface area (TPSA) is 38.9 Å². The van der Waals surface area contributed by atoms with E-state index in [0.717, 1.165) is 22.3 Å². The van der Waals surface area contributed by atoms with Gasteiger partial charge in [-0.05, 0) is 46.6 Å². The third-order valence-electron chi connectivity index (χ3n) is 1.52. The highest BCUT2D eigenvalue weighted by Crippen LogP contribution is 2.15. The quantitative estimate of drug-likeness (QED) is 0.804. The van der Waals surface area contributed by atoms with Crippen molar-refractivity contribution < 1.29 is 0 Å². The van der Waals surface area contributed by atoms with Gasteiger partial charge in [-0.3, -0.25) is 0 Å². The molecule has 1 heterocycles. The van der Waals surface area contributed by atoms with Gasteiger partial charge >= 0.3 is 0 Å². The smallest absolute Gasteiger partial charge is 0.106 e. The summed E-state index contributed by atoms with van der Waals surface area (Å²) in [6.07, 6.45) is 0.795. The maximum absolute atomic E-state index is 5.40. The third kappa shape index (κ3) is 2.43. The van der Waals surface area contributed by atoms with Gasteiger partial charge in [0.05, 0.1) is 5.69 Å². The molecule has 1 rings (SSSR count). The van der Waals surface area contributed by atoms with E-state index in [-0.39, 0.29) is 0 Å². The zero-order chi connectivity index (χ0) is 8.97. The normalized spacial score (nSPS) is 9.83. The standard InChI is InChI=1S/C9H11BrN2/c1-7(5-6-11)8-3-2-4-9(10)12-8/h2-4H,1,5-6,11H2. The van der Waals surface area contributed by atoms with E-state index in [1.165, 1.54) is 0 Å². The molecule has 0 radical (unpaired) electrons. The molecule has 64 valence electrons. The minimum atomic E-state index is 0.618. The number of hydrogen-bond donors (Lipinski definition) is 1. The van der Waals surface area contributed by atoms with Crippen molar-refractivity contribution in [1.82, 2.24) is 4.98 Å². The van der Waals surface area contributed by atoms with Crippen LogP contribution in [-0.2, 0) is 0 Å². The first-order chi connectivity index (χ1) is 5.74. The highest BCUT2D eigenvalue weighted by atomic mass is 79.9. The summed E-state index contributed by atoms with van der Waals surface area (Å²) in [5.41, 5.74) is 7.30. The van der Waals surface area contributed by atoms with Gasteiger partial charge in [0.15, 0.2) is 0 Å². The molecule has 0 atom stereocenters. The van der Waals surface area contributed by atoms with Gasteiger partial charge in [-0.15, -0.1) is 0 Å². The maximum Gasteiger partial charge on any atom is 0.106 e. The van der Waals surface area contributed by atoms with Crippen molar-refractivity contribution in [2.24, 2.45) is 5.73 Å². The predicted molar refractivity (Wildman–Crippen MR) is 54.6 cm³/mol. The monoisotopic (exact) mass is 226 g/mol. The fourth-order valence-corrected chi connectivity index (χ4v) is 1.25. The van der Waals surface area contributed by atoms with Gasteiger partial charge in [0, 0.05) is 0 Å². The largest absolute Gasteiger partial charge is 0.330 e. The van der Waals surface area contributed by atoms with Crippen LogP contribution in [0.15, 0.2) is 29.4 Å². The van der Waals surface area contributed by atoms with Crippen LogP contribution in [-0.4, -0.2) is 11.5 Å². The average Bonchev–Trinajstić information content (AvgIpc) is 2.05. The number of nitrogens with two attached hydrogens (primary N) is 1. The lowest BCUT2D eigenvalue weighted by Gasteiger charge is -2.02. The molecule has 0 aromatic carbocycles. The van der Waals surface area contributed by atoms with Crippen LogP contribution in [0.2, 0.25) is 0 Å². The molecule has 0 saturated heterocycles. The first-order valence-electron chi connectivity index (χ1n) is 3.75. The van der Waals surface area contributed by atoms with Crippen LogP contribution in [0, 0.1) is 0 Å². The van der Waals surface area contributed by atoms with Gasteiger partial charge in [-0.25, -0.2) is 4.98 Å². The van der Waals surface area contributed by atoms with Crippen molar-refractivity contribution in [2.45, 2.75) is 6.42 Å². The molecule has 2 nitrogen and oxygen atoms in total. The number of aromatic nitrogens is 1. The van der Waals surface area contributed by atoms with Crippen LogP contribution >= 0.6 is 15.9 Å². The molecule has 3 heteroatoms. The van der Waals surface area contributed by atoms with Crippen molar-refractivity contribution in [2.75, 3.05) is 6.54 Å². The van der Waals surface area contributed by atoms with Gasteiger partial charge in [0.25, 0.3) is 0 Å². The summed E-state index contributed by atoms with van der Waals surface area (Å²) in [6, 6.07) is 5.76. The lowest BCUT2D eigenvalue weighted by molar-refractivity contribution is 1.01. The minimum absolute atomic E-state index is 0.618. The molecule has 1 aromatic heterocycles. The Hall–Kier alpha value is -0.670. The summed E-state index contributed by atoms with van der Waals surface area (Å²) in [6.45, 7) is 4.51. The van der Waals surface area contributed by atoms with Gasteiger partial charge < -0.3 is 5.73 Å². The highest BCUT2D eigenvalue weighted by molar-refractivity contribution is 9.10. The zero-order valence-corrected chi connectivity index (χ0v) is 8.34. The summed E-state index contributed by atoms with van der Waals surface area (Å²) in [5, 5.41) is 0. The van der Waals surface area contributed by atoms with Crippen molar-refractivity contribution in [1.29, 1.82) is 0 Å². The van der Waals surface area contributed by atoms with E-state index in [4.69, 9.17) is 5.73 Å². The first-order valence-corrected chi connectivity index (χ1v) is 4.54. The molecule has 0 aliphatic rings. The highest BCUT2D eigenvalue weighted by Gasteiger charge is 1.98. The average molecular weight is 227 g/mol. The Morgan fingerprint density at radius 1 is 1.58 bits per heavy atom. The molecule has 0 aliphatic heterocycles. The van der Waals surface area contributed by atoms with Crippen LogP contribution in [0.1, 0.15) is 12.1 Å². The van der Waals surface area contributed by atoms with Crippen LogP contribution < -0.4 is 5.73 Å². The lowest BCUT2D eigenvalue weighted by atomic mass is 10.1. The fourth-order valence-electron chi connectivity index (χ4n) is 0.907. The number of halogens is 1. The molecule has 12 heavy (non-hydrogen) atoms. The van der Waals surface area contributed by atoms with E-state index in [1.54, 1.807) is 0 Å². The molecular weight excluding hydrogens is 216 g/mol. The summed E-state index contributed by atoms with van der Waals surface area (Å²) < 4.78 is 0.832. The number of nitrogens with zero attached hydrogens (tertiary/aromatic N) is 1. The number of pyridine rings is 1. The maximum atomic E-state index is 5.40. The molecule has 2 N–H and O–H groups in total. The van der Waals surface area contributed by atoms with Crippen LogP contribution in [0.5, 0.6) is 0 Å². The second-order valence-electron chi connectivity index (χ2n) is 2.49. The van der Waals surface area contributed by atoms with E-state index < -0.39 is 0 Å². The predicted octanol–water partition coefficient (Wildman–Crippen LogP) is 2.21. The Morgan fingerprint density at radius 3 is 2.92 bits per heavy atom.